The normalized spacial score (nSPS) is 10.8. The van der Waals surface area contributed by atoms with Crippen LogP contribution in [0.25, 0.3) is 28.2 Å². The first-order valence-corrected chi connectivity index (χ1v) is 10.6. The minimum absolute atomic E-state index is 0.0241. The van der Waals surface area contributed by atoms with Crippen LogP contribution in [0.2, 0.25) is 0 Å². The van der Waals surface area contributed by atoms with Gasteiger partial charge < -0.3 is 14.2 Å². The molecule has 9 heteroatoms. The summed E-state index contributed by atoms with van der Waals surface area (Å²) in [6, 6.07) is 14.2. The fourth-order valence-corrected chi connectivity index (χ4v) is 3.72. The van der Waals surface area contributed by atoms with E-state index >= 15 is 0 Å². The molecule has 0 aliphatic rings. The maximum Gasteiger partial charge on any atom is 0.359 e. The lowest BCUT2D eigenvalue weighted by Crippen LogP contribution is -2.23. The molecule has 4 rings (SSSR count). The third kappa shape index (κ3) is 3.92. The fourth-order valence-electron chi connectivity index (χ4n) is 3.72. The molecule has 0 aliphatic heterocycles. The molecule has 0 saturated carbocycles. The molecular weight excluding hydrogens is 436 g/mol. The summed E-state index contributed by atoms with van der Waals surface area (Å²) in [5, 5.41) is 0. The second-order valence-electron chi connectivity index (χ2n) is 7.21. The van der Waals surface area contributed by atoms with E-state index in [1.807, 2.05) is 6.92 Å². The van der Waals surface area contributed by atoms with Gasteiger partial charge in [-0.05, 0) is 43.3 Å². The van der Waals surface area contributed by atoms with Crippen LogP contribution in [0.4, 0.5) is 0 Å². The number of fused-ring (bicyclic) bond motifs is 1. The van der Waals surface area contributed by atoms with Gasteiger partial charge in [0.1, 0.15) is 17.0 Å². The molecule has 0 fully saturated rings. The molecule has 0 radical (unpaired) electrons. The highest BCUT2D eigenvalue weighted by Crippen LogP contribution is 2.28. The predicted octanol–water partition coefficient (Wildman–Crippen LogP) is 3.63. The van der Waals surface area contributed by atoms with Gasteiger partial charge in [0, 0.05) is 12.1 Å². The van der Waals surface area contributed by atoms with E-state index < -0.39 is 11.7 Å². The number of benzene rings is 2. The van der Waals surface area contributed by atoms with Crippen molar-refractivity contribution in [2.45, 2.75) is 13.5 Å². The Morgan fingerprint density at radius 3 is 2.47 bits per heavy atom. The van der Waals surface area contributed by atoms with Crippen molar-refractivity contribution >= 4 is 17.1 Å². The van der Waals surface area contributed by atoms with Crippen LogP contribution in [0.1, 0.15) is 17.4 Å². The van der Waals surface area contributed by atoms with Crippen molar-refractivity contribution in [1.29, 1.82) is 0 Å². The van der Waals surface area contributed by atoms with Gasteiger partial charge in [0.25, 0.3) is 0 Å². The number of imidazole rings is 1. The van der Waals surface area contributed by atoms with Crippen molar-refractivity contribution in [1.82, 2.24) is 19.1 Å². The molecule has 9 nitrogen and oxygen atoms in total. The maximum absolute atomic E-state index is 13.6. The zero-order valence-corrected chi connectivity index (χ0v) is 19.1. The third-order valence-electron chi connectivity index (χ3n) is 5.21. The van der Waals surface area contributed by atoms with Crippen LogP contribution in [-0.2, 0) is 11.3 Å². The number of methoxy groups -OCH3 is 2. The average Bonchev–Trinajstić information content (AvgIpc) is 3.14. The van der Waals surface area contributed by atoms with Crippen LogP contribution in [-0.4, -0.2) is 45.9 Å². The van der Waals surface area contributed by atoms with Crippen molar-refractivity contribution in [3.8, 4) is 28.6 Å². The zero-order valence-electron chi connectivity index (χ0n) is 19.1. The number of ether oxygens (including phenoxy) is 3. The van der Waals surface area contributed by atoms with E-state index in [0.29, 0.717) is 29.4 Å². The highest BCUT2D eigenvalue weighted by molar-refractivity contribution is 6.00. The van der Waals surface area contributed by atoms with Crippen molar-refractivity contribution in [2.24, 2.45) is 0 Å². The molecule has 0 bridgehead atoms. The lowest BCUT2D eigenvalue weighted by Gasteiger charge is -2.10. The number of carbonyl (C=O) groups excluding carboxylic acids is 1. The molecule has 2 aromatic carbocycles. The standard InChI is InChI=1S/C25H24N4O5/c1-5-15-28-21-20(24(30)33-4)26-22(16-11-13-17(14-12-16)34-6-2)27-23(21)29(25(28)31)18-9-7-8-10-19(18)32-3/h5,7-14H,1,6,15H2,2-4H3. The number of allylic oxidation sites excluding steroid dienone is 1. The lowest BCUT2D eigenvalue weighted by molar-refractivity contribution is 0.0596. The van der Waals surface area contributed by atoms with Gasteiger partial charge >= 0.3 is 11.7 Å². The van der Waals surface area contributed by atoms with Gasteiger partial charge in [-0.1, -0.05) is 18.2 Å². The molecule has 0 amide bonds. The van der Waals surface area contributed by atoms with Crippen LogP contribution < -0.4 is 15.2 Å². The number of para-hydroxylation sites is 2. The summed E-state index contributed by atoms with van der Waals surface area (Å²) < 4.78 is 18.8. The van der Waals surface area contributed by atoms with Crippen LogP contribution in [0.5, 0.6) is 11.5 Å². The predicted molar refractivity (Wildman–Crippen MR) is 128 cm³/mol. The molecule has 0 atom stereocenters. The van der Waals surface area contributed by atoms with Gasteiger partial charge in [0.2, 0.25) is 0 Å². The molecule has 0 N–H and O–H groups in total. The van der Waals surface area contributed by atoms with Gasteiger partial charge in [0.05, 0.1) is 26.5 Å². The van der Waals surface area contributed by atoms with Crippen LogP contribution in [0.3, 0.4) is 0 Å². The van der Waals surface area contributed by atoms with Crippen molar-refractivity contribution in [3.05, 3.63) is 77.4 Å². The number of aromatic nitrogens is 4. The van der Waals surface area contributed by atoms with Gasteiger partial charge in [0.15, 0.2) is 17.2 Å². The second kappa shape index (κ2) is 9.62. The molecule has 0 unspecified atom stereocenters. The first-order chi connectivity index (χ1) is 16.5. The average molecular weight is 460 g/mol. The Kier molecular flexibility index (Phi) is 6.44. The van der Waals surface area contributed by atoms with E-state index in [4.69, 9.17) is 19.2 Å². The smallest absolute Gasteiger partial charge is 0.359 e. The highest BCUT2D eigenvalue weighted by Gasteiger charge is 2.26. The van der Waals surface area contributed by atoms with E-state index in [1.54, 1.807) is 54.6 Å². The van der Waals surface area contributed by atoms with Crippen LogP contribution in [0, 0.1) is 0 Å². The summed E-state index contributed by atoms with van der Waals surface area (Å²) in [6.07, 6.45) is 1.56. The van der Waals surface area contributed by atoms with Crippen molar-refractivity contribution in [3.63, 3.8) is 0 Å². The molecule has 2 aromatic heterocycles. The number of hydrogen-bond acceptors (Lipinski definition) is 7. The minimum atomic E-state index is -0.686. The number of esters is 1. The summed E-state index contributed by atoms with van der Waals surface area (Å²) in [5.74, 6) is 0.747. The number of nitrogens with zero attached hydrogens (tertiary/aromatic N) is 4. The van der Waals surface area contributed by atoms with E-state index in [-0.39, 0.29) is 29.2 Å². The molecular formula is C25H24N4O5. The summed E-state index contributed by atoms with van der Waals surface area (Å²) in [5.41, 5.74) is 1.18. The second-order valence-corrected chi connectivity index (χ2v) is 7.21. The molecule has 2 heterocycles. The minimum Gasteiger partial charge on any atom is -0.495 e. The summed E-state index contributed by atoms with van der Waals surface area (Å²) in [7, 11) is 2.78. The highest BCUT2D eigenvalue weighted by atomic mass is 16.5. The van der Waals surface area contributed by atoms with E-state index in [1.165, 1.54) is 23.4 Å². The summed E-state index contributed by atoms with van der Waals surface area (Å²) >= 11 is 0. The van der Waals surface area contributed by atoms with Gasteiger partial charge in [-0.2, -0.15) is 0 Å². The Morgan fingerprint density at radius 1 is 1.09 bits per heavy atom. The van der Waals surface area contributed by atoms with Crippen molar-refractivity contribution in [2.75, 3.05) is 20.8 Å². The van der Waals surface area contributed by atoms with Gasteiger partial charge in [-0.15, -0.1) is 6.58 Å². The lowest BCUT2D eigenvalue weighted by atomic mass is 10.2. The first kappa shape index (κ1) is 22.8. The maximum atomic E-state index is 13.6. The molecule has 174 valence electrons. The molecule has 0 saturated heterocycles. The quantitative estimate of drug-likeness (QED) is 0.293. The van der Waals surface area contributed by atoms with Gasteiger partial charge in [-0.3, -0.25) is 4.57 Å². The number of hydrogen-bond donors (Lipinski definition) is 0. The van der Waals surface area contributed by atoms with E-state index in [2.05, 4.69) is 11.6 Å². The summed E-state index contributed by atoms with van der Waals surface area (Å²) in [6.45, 7) is 6.33. The Labute approximate surface area is 195 Å². The third-order valence-corrected chi connectivity index (χ3v) is 5.21. The first-order valence-electron chi connectivity index (χ1n) is 10.6. The molecule has 0 aliphatic carbocycles. The zero-order chi connectivity index (χ0) is 24.2. The fraction of sp³-hybridized carbons (Fsp3) is 0.200. The molecule has 0 spiro atoms. The van der Waals surface area contributed by atoms with Crippen molar-refractivity contribution < 1.29 is 19.0 Å². The monoisotopic (exact) mass is 460 g/mol. The Balaban J connectivity index is 2.09. The van der Waals surface area contributed by atoms with Crippen LogP contribution in [0.15, 0.2) is 66.0 Å². The largest absolute Gasteiger partial charge is 0.495 e. The van der Waals surface area contributed by atoms with Gasteiger partial charge in [-0.25, -0.2) is 24.1 Å². The Bertz CT molecular complexity index is 1420. The number of rotatable bonds is 8. The van der Waals surface area contributed by atoms with Crippen LogP contribution >= 0.6 is 0 Å². The Hall–Kier alpha value is -4.40. The number of carbonyl (C=O) groups is 1. The Morgan fingerprint density at radius 2 is 1.82 bits per heavy atom. The summed E-state index contributed by atoms with van der Waals surface area (Å²) in [4.78, 5) is 35.5. The van der Waals surface area contributed by atoms with E-state index in [0.717, 1.165) is 0 Å². The molecule has 4 aromatic rings. The molecule has 34 heavy (non-hydrogen) atoms. The van der Waals surface area contributed by atoms with E-state index in [9.17, 15) is 9.59 Å². The SMILES string of the molecule is C=CCn1c(=O)n(-c2ccccc2OC)c2nc(-c3ccc(OCC)cc3)nc(C(=O)OC)c21. The topological polar surface area (TPSA) is 97.5 Å².